The number of hydrogen-bond acceptors (Lipinski definition) is 6. The number of nitro benzene ring substituents is 1. The first kappa shape index (κ1) is 24.1. The Morgan fingerprint density at radius 2 is 1.74 bits per heavy atom. The highest BCUT2D eigenvalue weighted by Gasteiger charge is 2.37. The van der Waals surface area contributed by atoms with Gasteiger partial charge in [-0.2, -0.15) is 0 Å². The molecule has 0 heterocycles. The first-order valence-corrected chi connectivity index (χ1v) is 11.2. The average Bonchev–Trinajstić information content (AvgIpc) is 3.21. The molecule has 0 aromatic heterocycles. The van der Waals surface area contributed by atoms with Crippen LogP contribution >= 0.6 is 0 Å². The molecule has 9 heteroatoms. The van der Waals surface area contributed by atoms with Gasteiger partial charge in [-0.05, 0) is 27.8 Å². The number of nitrogens with zero attached hydrogens (tertiary/aromatic N) is 2. The summed E-state index contributed by atoms with van der Waals surface area (Å²) in [4.78, 5) is 36.9. The lowest BCUT2D eigenvalue weighted by Gasteiger charge is -2.32. The molecule has 0 spiro atoms. The number of carbonyl (C=O) groups excluding carboxylic acids is 2. The van der Waals surface area contributed by atoms with E-state index in [-0.39, 0.29) is 31.0 Å². The van der Waals surface area contributed by atoms with Gasteiger partial charge < -0.3 is 10.0 Å². The molecule has 0 fully saturated rings. The maximum Gasteiger partial charge on any atom is 0.270 e. The molecule has 3 N–H and O–H groups in total. The van der Waals surface area contributed by atoms with Crippen LogP contribution < -0.4 is 5.48 Å². The number of aliphatic hydroxyl groups excluding tert-OH is 1. The standard InChI is InChI=1S/C26H25N3O6/c30-23-15-20-4-1-2-7-22(20)26(23)28(25(32)13-12-24(31)27-33)16-17-8-10-18(11-9-17)19-5-3-6-21(14-19)29(34)35/h1-11,14,23,26,30,33H,12-13,15-16H2,(H,27,31)/t23-,26+/m1/s1. The predicted molar refractivity (Wildman–Crippen MR) is 127 cm³/mol. The zero-order valence-electron chi connectivity index (χ0n) is 18.8. The molecule has 2 atom stereocenters. The van der Waals surface area contributed by atoms with E-state index >= 15 is 0 Å². The van der Waals surface area contributed by atoms with Gasteiger partial charge in [0.1, 0.15) is 0 Å². The van der Waals surface area contributed by atoms with Crippen molar-refractivity contribution in [2.45, 2.75) is 38.0 Å². The maximum atomic E-state index is 13.2. The predicted octanol–water partition coefficient (Wildman–Crippen LogP) is 3.53. The van der Waals surface area contributed by atoms with Crippen LogP contribution in [0.4, 0.5) is 5.69 Å². The van der Waals surface area contributed by atoms with Crippen LogP contribution in [-0.2, 0) is 22.6 Å². The fourth-order valence-electron chi connectivity index (χ4n) is 4.49. The molecule has 4 rings (SSSR count). The maximum absolute atomic E-state index is 13.2. The van der Waals surface area contributed by atoms with E-state index in [2.05, 4.69) is 0 Å². The van der Waals surface area contributed by atoms with E-state index in [1.807, 2.05) is 48.5 Å². The van der Waals surface area contributed by atoms with E-state index < -0.39 is 23.0 Å². The third-order valence-corrected chi connectivity index (χ3v) is 6.21. The zero-order chi connectivity index (χ0) is 24.9. The summed E-state index contributed by atoms with van der Waals surface area (Å²) in [5, 5.41) is 30.7. The van der Waals surface area contributed by atoms with Crippen LogP contribution in [0.5, 0.6) is 0 Å². The average molecular weight is 476 g/mol. The summed E-state index contributed by atoms with van der Waals surface area (Å²) < 4.78 is 0. The summed E-state index contributed by atoms with van der Waals surface area (Å²) in [6.07, 6.45) is -0.661. The lowest BCUT2D eigenvalue weighted by Crippen LogP contribution is -2.39. The molecule has 9 nitrogen and oxygen atoms in total. The van der Waals surface area contributed by atoms with Crippen LogP contribution in [0.3, 0.4) is 0 Å². The van der Waals surface area contributed by atoms with Gasteiger partial charge in [-0.1, -0.05) is 60.7 Å². The van der Waals surface area contributed by atoms with E-state index in [4.69, 9.17) is 5.21 Å². The van der Waals surface area contributed by atoms with Crippen molar-refractivity contribution in [1.29, 1.82) is 0 Å². The number of carbonyl (C=O) groups is 2. The number of nitrogens with one attached hydrogen (secondary N) is 1. The minimum absolute atomic E-state index is 0.00384. The highest BCUT2D eigenvalue weighted by molar-refractivity contribution is 5.83. The molecule has 0 radical (unpaired) electrons. The fraction of sp³-hybridized carbons (Fsp3) is 0.231. The number of aliphatic hydroxyl groups is 1. The Morgan fingerprint density at radius 1 is 1.00 bits per heavy atom. The lowest BCUT2D eigenvalue weighted by molar-refractivity contribution is -0.384. The van der Waals surface area contributed by atoms with E-state index in [0.29, 0.717) is 12.0 Å². The summed E-state index contributed by atoms with van der Waals surface area (Å²) in [7, 11) is 0. The summed E-state index contributed by atoms with van der Waals surface area (Å²) in [5.41, 5.74) is 5.67. The Hall–Kier alpha value is -4.08. The second-order valence-corrected chi connectivity index (χ2v) is 8.48. The number of fused-ring (bicyclic) bond motifs is 1. The van der Waals surface area contributed by atoms with E-state index in [1.54, 1.807) is 17.0 Å². The zero-order valence-corrected chi connectivity index (χ0v) is 18.8. The van der Waals surface area contributed by atoms with Gasteiger partial charge in [0, 0.05) is 37.9 Å². The van der Waals surface area contributed by atoms with Gasteiger partial charge in [-0.3, -0.25) is 24.9 Å². The molecule has 0 saturated carbocycles. The number of hydroxylamine groups is 1. The highest BCUT2D eigenvalue weighted by Crippen LogP contribution is 2.37. The van der Waals surface area contributed by atoms with Gasteiger partial charge in [0.25, 0.3) is 5.69 Å². The normalized spacial score (nSPS) is 16.4. The molecule has 1 aliphatic rings. The summed E-state index contributed by atoms with van der Waals surface area (Å²) >= 11 is 0. The molecule has 0 aliphatic heterocycles. The van der Waals surface area contributed by atoms with Crippen molar-refractivity contribution in [3.63, 3.8) is 0 Å². The Kier molecular flexibility index (Phi) is 7.19. The first-order chi connectivity index (χ1) is 16.9. The second-order valence-electron chi connectivity index (χ2n) is 8.48. The van der Waals surface area contributed by atoms with Crippen LogP contribution in [0.2, 0.25) is 0 Å². The molecule has 0 unspecified atom stereocenters. The molecular weight excluding hydrogens is 450 g/mol. The topological polar surface area (TPSA) is 133 Å². The van der Waals surface area contributed by atoms with Crippen molar-refractivity contribution < 1.29 is 24.8 Å². The number of rotatable bonds is 8. The molecule has 2 amide bonds. The van der Waals surface area contributed by atoms with Crippen molar-refractivity contribution in [3.05, 3.63) is 99.6 Å². The quantitative estimate of drug-likeness (QED) is 0.259. The van der Waals surface area contributed by atoms with Gasteiger partial charge in [0.05, 0.1) is 17.1 Å². The lowest BCUT2D eigenvalue weighted by atomic mass is 10.0. The molecule has 0 saturated heterocycles. The number of non-ortho nitro benzene ring substituents is 1. The Morgan fingerprint density at radius 3 is 2.46 bits per heavy atom. The fourth-order valence-corrected chi connectivity index (χ4v) is 4.49. The van der Waals surface area contributed by atoms with Gasteiger partial charge >= 0.3 is 0 Å². The first-order valence-electron chi connectivity index (χ1n) is 11.2. The van der Waals surface area contributed by atoms with Crippen molar-refractivity contribution in [2.75, 3.05) is 0 Å². The molecule has 3 aromatic carbocycles. The smallest absolute Gasteiger partial charge is 0.270 e. The second kappa shape index (κ2) is 10.5. The molecule has 3 aromatic rings. The van der Waals surface area contributed by atoms with Crippen molar-refractivity contribution in [3.8, 4) is 11.1 Å². The largest absolute Gasteiger partial charge is 0.390 e. The van der Waals surface area contributed by atoms with Crippen molar-refractivity contribution in [1.82, 2.24) is 10.4 Å². The number of hydrogen-bond donors (Lipinski definition) is 3. The molecular formula is C26H25N3O6. The van der Waals surface area contributed by atoms with E-state index in [0.717, 1.165) is 22.3 Å². The molecule has 180 valence electrons. The SMILES string of the molecule is O=C(CCC(=O)N(Cc1ccc(-c2cccc([N+](=O)[O-])c2)cc1)[C@H]1c2ccccc2C[C@H]1O)NO. The number of amides is 2. The van der Waals surface area contributed by atoms with Gasteiger partial charge in [-0.25, -0.2) is 5.48 Å². The number of benzene rings is 3. The molecule has 1 aliphatic carbocycles. The van der Waals surface area contributed by atoms with Crippen molar-refractivity contribution >= 4 is 17.5 Å². The van der Waals surface area contributed by atoms with Crippen LogP contribution in [0.25, 0.3) is 11.1 Å². The van der Waals surface area contributed by atoms with Crippen molar-refractivity contribution in [2.24, 2.45) is 0 Å². The molecule has 35 heavy (non-hydrogen) atoms. The minimum Gasteiger partial charge on any atom is -0.390 e. The minimum atomic E-state index is -0.785. The summed E-state index contributed by atoms with van der Waals surface area (Å²) in [6.45, 7) is 0.199. The van der Waals surface area contributed by atoms with Crippen LogP contribution in [0.15, 0.2) is 72.8 Å². The van der Waals surface area contributed by atoms with Gasteiger partial charge in [0.15, 0.2) is 0 Å². The summed E-state index contributed by atoms with van der Waals surface area (Å²) in [6, 6.07) is 20.7. The molecule has 0 bridgehead atoms. The van der Waals surface area contributed by atoms with Crippen LogP contribution in [-0.4, -0.2) is 38.1 Å². The van der Waals surface area contributed by atoms with Gasteiger partial charge in [-0.15, -0.1) is 0 Å². The number of nitro groups is 1. The van der Waals surface area contributed by atoms with Crippen LogP contribution in [0, 0.1) is 10.1 Å². The van der Waals surface area contributed by atoms with E-state index in [9.17, 15) is 24.8 Å². The Labute approximate surface area is 201 Å². The monoisotopic (exact) mass is 475 g/mol. The third-order valence-electron chi connectivity index (χ3n) is 6.21. The Bertz CT molecular complexity index is 1240. The summed E-state index contributed by atoms with van der Waals surface area (Å²) in [5.74, 6) is -0.982. The van der Waals surface area contributed by atoms with Gasteiger partial charge in [0.2, 0.25) is 11.8 Å². The Balaban J connectivity index is 1.60. The third kappa shape index (κ3) is 5.37. The van der Waals surface area contributed by atoms with E-state index in [1.165, 1.54) is 17.6 Å². The van der Waals surface area contributed by atoms with Crippen LogP contribution in [0.1, 0.15) is 35.6 Å². The highest BCUT2D eigenvalue weighted by atomic mass is 16.6.